The van der Waals surface area contributed by atoms with Crippen molar-refractivity contribution in [2.24, 2.45) is 0 Å². The fourth-order valence-electron chi connectivity index (χ4n) is 1.43. The summed E-state index contributed by atoms with van der Waals surface area (Å²) < 4.78 is 10.5. The van der Waals surface area contributed by atoms with Gasteiger partial charge < -0.3 is 44.6 Å². The van der Waals surface area contributed by atoms with Crippen LogP contribution in [-0.2, 0) is 48.4 Å². The Morgan fingerprint density at radius 1 is 0.778 bits per heavy atom. The van der Waals surface area contributed by atoms with Gasteiger partial charge in [0.25, 0.3) is 0 Å². The average Bonchev–Trinajstić information content (AvgIpc) is 2.67. The number of carboxylic acids is 4. The van der Waals surface area contributed by atoms with Gasteiger partial charge in [0.1, 0.15) is 13.1 Å². The Labute approximate surface area is 248 Å². The van der Waals surface area contributed by atoms with E-state index in [9.17, 15) is 34.0 Å². The van der Waals surface area contributed by atoms with Crippen LogP contribution in [0.1, 0.15) is 25.7 Å². The van der Waals surface area contributed by atoms with Crippen molar-refractivity contribution in [1.29, 1.82) is 0 Å². The molecule has 36 heavy (non-hydrogen) atoms. The summed E-state index contributed by atoms with van der Waals surface area (Å²) in [5.41, 5.74) is 0. The molecule has 0 aliphatic heterocycles. The molecule has 0 atom stereocenters. The van der Waals surface area contributed by atoms with Gasteiger partial charge in [0.15, 0.2) is 0 Å². The number of carbonyl (C=O) groups excluding carboxylic acids is 3. The van der Waals surface area contributed by atoms with Crippen molar-refractivity contribution in [2.75, 3.05) is 32.6 Å². The Balaban J connectivity index is -0.0000000910. The molecule has 6 N–H and O–H groups in total. The zero-order chi connectivity index (χ0) is 27.6. The van der Waals surface area contributed by atoms with Gasteiger partial charge in [-0.25, -0.2) is 20.3 Å². The van der Waals surface area contributed by atoms with E-state index in [1.165, 1.54) is 0 Å². The van der Waals surface area contributed by atoms with Gasteiger partial charge in [-0.15, -0.1) is 0 Å². The molecule has 0 spiro atoms. The summed E-state index contributed by atoms with van der Waals surface area (Å²) >= 11 is 0. The Bertz CT molecular complexity index is 570. The predicted octanol–water partition coefficient (Wildman–Crippen LogP) is -9.71. The molecule has 0 unspecified atom stereocenters. The van der Waals surface area contributed by atoms with E-state index in [1.54, 1.807) is 0 Å². The van der Waals surface area contributed by atoms with E-state index in [0.717, 1.165) is 0 Å². The summed E-state index contributed by atoms with van der Waals surface area (Å²) in [5, 5.41) is 57.6. The number of hydrogen-bond acceptors (Lipinski definition) is 15. The largest absolute Gasteiger partial charge is 1.00 e. The Morgan fingerprint density at radius 3 is 1.33 bits per heavy atom. The van der Waals surface area contributed by atoms with Crippen LogP contribution in [0.5, 0.6) is 0 Å². The molecule has 0 bridgehead atoms. The number of carboxylic acid groups (broad SMARTS) is 4. The minimum absolute atomic E-state index is 0. The second-order valence-corrected chi connectivity index (χ2v) is 6.94. The maximum atomic E-state index is 10.5. The molecule has 0 aliphatic carbocycles. The first-order valence-electron chi connectivity index (χ1n) is 8.50. The van der Waals surface area contributed by atoms with E-state index in [0.29, 0.717) is 11.3 Å². The summed E-state index contributed by atoms with van der Waals surface area (Å²) in [5.74, 6) is -5.15. The van der Waals surface area contributed by atoms with E-state index >= 15 is 0 Å². The molecule has 0 fully saturated rings. The summed E-state index contributed by atoms with van der Waals surface area (Å²) in [6, 6.07) is 0. The van der Waals surface area contributed by atoms with E-state index in [2.05, 4.69) is 19.9 Å². The van der Waals surface area contributed by atoms with Crippen LogP contribution in [-0.4, -0.2) is 98.7 Å². The molecular weight excluding hydrogens is 547 g/mol. The molecule has 22 heteroatoms. The molecule has 0 heterocycles. The van der Waals surface area contributed by atoms with Crippen LogP contribution >= 0.6 is 7.60 Å². The molecule has 0 saturated heterocycles. The van der Waals surface area contributed by atoms with Crippen molar-refractivity contribution < 1.29 is 148 Å². The van der Waals surface area contributed by atoms with Gasteiger partial charge in [-0.2, -0.15) is 0 Å². The zero-order valence-electron chi connectivity index (χ0n) is 19.5. The monoisotopic (exact) mass is 573 g/mol. The molecule has 0 radical (unpaired) electrons. The summed E-state index contributed by atoms with van der Waals surface area (Å²) in [4.78, 5) is 73.4. The van der Waals surface area contributed by atoms with Crippen LogP contribution in [0, 0.1) is 0 Å². The summed E-state index contributed by atoms with van der Waals surface area (Å²) in [6.07, 6.45) is -0.778. The minimum Gasteiger partial charge on any atom is -0.550 e. The van der Waals surface area contributed by atoms with Crippen LogP contribution in [0.15, 0.2) is 0 Å². The van der Waals surface area contributed by atoms with Crippen molar-refractivity contribution in [3.8, 4) is 0 Å². The van der Waals surface area contributed by atoms with Gasteiger partial charge >= 0.3 is 78.6 Å². The third kappa shape index (κ3) is 58.9. The number of carbonyl (C=O) groups is 5. The van der Waals surface area contributed by atoms with Gasteiger partial charge in [-0.05, 0) is 19.3 Å². The smallest absolute Gasteiger partial charge is 0.550 e. The molecule has 0 rings (SSSR count). The molecule has 0 amide bonds. The predicted molar refractivity (Wildman–Crippen MR) is 98.7 cm³/mol. The van der Waals surface area contributed by atoms with Gasteiger partial charge in [0, 0.05) is 18.4 Å². The third-order valence-corrected chi connectivity index (χ3v) is 3.19. The maximum Gasteiger partial charge on any atom is 1.00 e. The maximum absolute atomic E-state index is 10.5. The molecule has 0 aliphatic rings. The number of aliphatic carboxylic acids is 4. The number of hydrogen-bond donors (Lipinski definition) is 6. The molecule has 0 aromatic carbocycles. The number of nitrogens with zero attached hydrogens (tertiary/aromatic N) is 1. The second-order valence-electron chi connectivity index (χ2n) is 5.32. The van der Waals surface area contributed by atoms with Crippen molar-refractivity contribution in [3.05, 3.63) is 0 Å². The molecule has 202 valence electrons. The Hall–Kier alpha value is -0.580. The van der Waals surface area contributed by atoms with Crippen molar-refractivity contribution >= 4 is 38.3 Å². The van der Waals surface area contributed by atoms with Gasteiger partial charge in [-0.3, -0.25) is 19.1 Å². The van der Waals surface area contributed by atoms with Crippen molar-refractivity contribution in [1.82, 2.24) is 4.90 Å². The molecule has 0 aromatic heterocycles. The van der Waals surface area contributed by atoms with Crippen LogP contribution in [0.3, 0.4) is 0 Å². The fourth-order valence-corrected chi connectivity index (χ4v) is 2.15. The van der Waals surface area contributed by atoms with Crippen LogP contribution in [0.4, 0.5) is 0 Å². The summed E-state index contributed by atoms with van der Waals surface area (Å²) in [7, 11) is -4.44. The second kappa shape index (κ2) is 34.4. The van der Waals surface area contributed by atoms with Crippen LogP contribution in [0.25, 0.3) is 0 Å². The first kappa shape index (κ1) is 48.5. The molecular formula is C14H26NNa2O18P. The number of rotatable bonds is 16. The van der Waals surface area contributed by atoms with Gasteiger partial charge in [0.2, 0.25) is 0 Å². The first-order valence-corrected chi connectivity index (χ1v) is 10.3. The Kier molecular flexibility index (Phi) is 46.4. The standard InChI is InChI=1S/C5H10NO7P.C5H8O4.C3H8O6.CH2O.2Na/c7-4(8)1-6(2-5(9)10)3-14(11,12)13;6-4(7)2-1-3-5(8)9;4-8-6-2-1-3-7-9-5;1-2;;/h1-3H2,(H,7,8)(H,9,10)(H2,11,12,13);1-3H2,(H,6,7)(H,8,9);4-5H,1-3H2;1H2;;/q;;;;2*+1/p-2. The summed E-state index contributed by atoms with van der Waals surface area (Å²) in [6.45, 7) is 0.883. The van der Waals surface area contributed by atoms with Gasteiger partial charge in [-0.1, -0.05) is 10.1 Å². The van der Waals surface area contributed by atoms with E-state index in [1.807, 2.05) is 6.79 Å². The average molecular weight is 573 g/mol. The Morgan fingerprint density at radius 2 is 1.11 bits per heavy atom. The van der Waals surface area contributed by atoms with Crippen molar-refractivity contribution in [3.63, 3.8) is 0 Å². The van der Waals surface area contributed by atoms with E-state index in [4.69, 9.17) is 35.3 Å². The normalized spacial score (nSPS) is 9.36. The minimum atomic E-state index is -4.44. The zero-order valence-corrected chi connectivity index (χ0v) is 24.4. The van der Waals surface area contributed by atoms with Crippen LogP contribution < -0.4 is 69.3 Å². The fraction of sp³-hybridized carbons (Fsp3) is 0.643. The molecule has 0 saturated carbocycles. The third-order valence-electron chi connectivity index (χ3n) is 2.42. The molecule has 19 nitrogen and oxygen atoms in total. The van der Waals surface area contributed by atoms with Gasteiger partial charge in [0.05, 0.1) is 26.3 Å². The van der Waals surface area contributed by atoms with Crippen molar-refractivity contribution in [2.45, 2.75) is 25.7 Å². The molecule has 0 aromatic rings. The topological polar surface area (TPSA) is 310 Å². The van der Waals surface area contributed by atoms with Crippen LogP contribution in [0.2, 0.25) is 0 Å². The first-order chi connectivity index (χ1) is 15.7. The quantitative estimate of drug-likeness (QED) is 0.0328. The van der Waals surface area contributed by atoms with E-state index < -0.39 is 50.8 Å². The SMILES string of the molecule is C=O.O=C(O)CN(CC(=O)O)CP(=O)(O)O.O=C([O-])CCCC(=O)[O-].OOOCCCOOO.[Na+].[Na+]. The van der Waals surface area contributed by atoms with E-state index in [-0.39, 0.29) is 91.6 Å².